The highest BCUT2D eigenvalue weighted by Gasteiger charge is 2.20. The van der Waals surface area contributed by atoms with Gasteiger partial charge in [0.25, 0.3) is 0 Å². The zero-order chi connectivity index (χ0) is 14.5. The Bertz CT molecular complexity index is 433. The van der Waals surface area contributed by atoms with E-state index in [0.717, 1.165) is 11.5 Å². The highest BCUT2D eigenvalue weighted by Crippen LogP contribution is 2.33. The summed E-state index contributed by atoms with van der Waals surface area (Å²) in [7, 11) is 0. The number of carboxylic acids is 1. The number of nitrogens with one attached hydrogen (secondary N) is 1. The van der Waals surface area contributed by atoms with Crippen LogP contribution in [0.1, 0.15) is 56.6 Å². The molecule has 1 fully saturated rings. The predicted octanol–water partition coefficient (Wildman–Crippen LogP) is 3.54. The van der Waals surface area contributed by atoms with Crippen LogP contribution in [-0.2, 0) is 11.3 Å². The van der Waals surface area contributed by atoms with Gasteiger partial charge in [0.1, 0.15) is 6.04 Å². The van der Waals surface area contributed by atoms with Crippen molar-refractivity contribution >= 4 is 5.97 Å². The summed E-state index contributed by atoms with van der Waals surface area (Å²) in [5, 5.41) is 12.3. The van der Waals surface area contributed by atoms with Gasteiger partial charge < -0.3 is 10.4 Å². The number of aliphatic carboxylic acids is 1. The maximum absolute atomic E-state index is 11.1. The van der Waals surface area contributed by atoms with E-state index >= 15 is 0 Å². The van der Waals surface area contributed by atoms with Crippen molar-refractivity contribution in [3.63, 3.8) is 0 Å². The lowest BCUT2D eigenvalue weighted by molar-refractivity contribution is -0.140. The molecule has 1 saturated carbocycles. The monoisotopic (exact) mass is 275 g/mol. The number of hydrogen-bond donors (Lipinski definition) is 2. The Labute approximate surface area is 121 Å². The third kappa shape index (κ3) is 3.83. The molecular weight excluding hydrogens is 250 g/mol. The molecule has 1 aliphatic carbocycles. The van der Waals surface area contributed by atoms with E-state index in [1.807, 2.05) is 13.8 Å². The summed E-state index contributed by atoms with van der Waals surface area (Å²) in [4.78, 5) is 11.1. The van der Waals surface area contributed by atoms with Gasteiger partial charge in [-0.15, -0.1) is 0 Å². The first kappa shape index (κ1) is 15.0. The van der Waals surface area contributed by atoms with Gasteiger partial charge in [-0.05, 0) is 35.8 Å². The van der Waals surface area contributed by atoms with Crippen molar-refractivity contribution in [2.75, 3.05) is 0 Å². The molecule has 0 bridgehead atoms. The summed E-state index contributed by atoms with van der Waals surface area (Å²) < 4.78 is 0. The van der Waals surface area contributed by atoms with Gasteiger partial charge in [-0.1, -0.05) is 51.0 Å². The zero-order valence-electron chi connectivity index (χ0n) is 12.4. The van der Waals surface area contributed by atoms with Crippen LogP contribution in [0.2, 0.25) is 0 Å². The maximum atomic E-state index is 11.1. The molecule has 1 atom stereocenters. The minimum Gasteiger partial charge on any atom is -0.480 e. The van der Waals surface area contributed by atoms with Gasteiger partial charge in [0.05, 0.1) is 0 Å². The van der Waals surface area contributed by atoms with E-state index in [1.54, 1.807) is 0 Å². The van der Waals surface area contributed by atoms with Crippen LogP contribution in [-0.4, -0.2) is 17.1 Å². The molecule has 20 heavy (non-hydrogen) atoms. The van der Waals surface area contributed by atoms with Crippen LogP contribution in [0.25, 0.3) is 0 Å². The normalized spacial score (nSPS) is 17.6. The average Bonchev–Trinajstić information content (AvgIpc) is 2.92. The second-order valence-corrected chi connectivity index (χ2v) is 6.16. The largest absolute Gasteiger partial charge is 0.480 e. The Kier molecular flexibility index (Phi) is 5.18. The zero-order valence-corrected chi connectivity index (χ0v) is 12.4. The van der Waals surface area contributed by atoms with Crippen molar-refractivity contribution in [2.24, 2.45) is 5.92 Å². The molecule has 3 heteroatoms. The standard InChI is InChI=1S/C17H25NO2/c1-12(2)16(17(19)20)18-11-13-7-9-15(10-8-13)14-5-3-4-6-14/h7-10,12,14,16,18H,3-6,11H2,1-2H3,(H,19,20)/t16-/m0/s1. The van der Waals surface area contributed by atoms with Crippen LogP contribution in [0.4, 0.5) is 0 Å². The van der Waals surface area contributed by atoms with Crippen molar-refractivity contribution in [1.29, 1.82) is 0 Å². The molecule has 1 aliphatic rings. The van der Waals surface area contributed by atoms with E-state index in [4.69, 9.17) is 5.11 Å². The van der Waals surface area contributed by atoms with E-state index in [1.165, 1.54) is 31.2 Å². The van der Waals surface area contributed by atoms with Gasteiger partial charge in [0.2, 0.25) is 0 Å². The van der Waals surface area contributed by atoms with Crippen molar-refractivity contribution in [2.45, 2.75) is 58.0 Å². The van der Waals surface area contributed by atoms with Gasteiger partial charge in [0, 0.05) is 6.54 Å². The number of carboxylic acid groups (broad SMARTS) is 1. The van der Waals surface area contributed by atoms with Crippen molar-refractivity contribution in [3.05, 3.63) is 35.4 Å². The topological polar surface area (TPSA) is 49.3 Å². The predicted molar refractivity (Wildman–Crippen MR) is 80.8 cm³/mol. The minimum absolute atomic E-state index is 0.0882. The lowest BCUT2D eigenvalue weighted by Gasteiger charge is -2.18. The van der Waals surface area contributed by atoms with E-state index in [9.17, 15) is 4.79 Å². The fourth-order valence-corrected chi connectivity index (χ4v) is 3.00. The Balaban J connectivity index is 1.91. The first-order chi connectivity index (χ1) is 9.58. The quantitative estimate of drug-likeness (QED) is 0.835. The van der Waals surface area contributed by atoms with E-state index in [0.29, 0.717) is 6.54 Å². The van der Waals surface area contributed by atoms with Crippen LogP contribution in [0, 0.1) is 5.92 Å². The molecule has 2 N–H and O–H groups in total. The second-order valence-electron chi connectivity index (χ2n) is 6.16. The second kappa shape index (κ2) is 6.89. The maximum Gasteiger partial charge on any atom is 0.320 e. The molecule has 1 aromatic carbocycles. The van der Waals surface area contributed by atoms with Crippen LogP contribution in [0.15, 0.2) is 24.3 Å². The highest BCUT2D eigenvalue weighted by atomic mass is 16.4. The van der Waals surface area contributed by atoms with Crippen LogP contribution >= 0.6 is 0 Å². The number of benzene rings is 1. The molecule has 0 radical (unpaired) electrons. The summed E-state index contributed by atoms with van der Waals surface area (Å²) >= 11 is 0. The Morgan fingerprint density at radius 2 is 1.85 bits per heavy atom. The van der Waals surface area contributed by atoms with Gasteiger partial charge in [-0.3, -0.25) is 4.79 Å². The molecule has 110 valence electrons. The molecule has 2 rings (SSSR count). The van der Waals surface area contributed by atoms with E-state index in [-0.39, 0.29) is 5.92 Å². The van der Waals surface area contributed by atoms with Gasteiger partial charge >= 0.3 is 5.97 Å². The highest BCUT2D eigenvalue weighted by molar-refractivity contribution is 5.73. The minimum atomic E-state index is -0.775. The summed E-state index contributed by atoms with van der Waals surface area (Å²) in [5.74, 6) is 0.0484. The lowest BCUT2D eigenvalue weighted by atomic mass is 9.96. The summed E-state index contributed by atoms with van der Waals surface area (Å²) in [6, 6.07) is 8.18. The van der Waals surface area contributed by atoms with E-state index in [2.05, 4.69) is 29.6 Å². The molecule has 0 saturated heterocycles. The smallest absolute Gasteiger partial charge is 0.320 e. The Morgan fingerprint density at radius 3 is 2.35 bits per heavy atom. The van der Waals surface area contributed by atoms with Gasteiger partial charge in [-0.25, -0.2) is 0 Å². The number of hydrogen-bond acceptors (Lipinski definition) is 2. The number of rotatable bonds is 6. The summed E-state index contributed by atoms with van der Waals surface area (Å²) in [6.45, 7) is 4.46. The van der Waals surface area contributed by atoms with Crippen LogP contribution in [0.5, 0.6) is 0 Å². The lowest BCUT2D eigenvalue weighted by Crippen LogP contribution is -2.40. The molecule has 0 aliphatic heterocycles. The molecule has 0 heterocycles. The third-order valence-electron chi connectivity index (χ3n) is 4.27. The molecule has 0 amide bonds. The fraction of sp³-hybridized carbons (Fsp3) is 0.588. The molecule has 0 aromatic heterocycles. The van der Waals surface area contributed by atoms with Crippen molar-refractivity contribution in [3.8, 4) is 0 Å². The van der Waals surface area contributed by atoms with Crippen molar-refractivity contribution < 1.29 is 9.90 Å². The van der Waals surface area contributed by atoms with Crippen LogP contribution in [0.3, 0.4) is 0 Å². The SMILES string of the molecule is CC(C)[C@H](NCc1ccc(C2CCCC2)cc1)C(=O)O. The third-order valence-corrected chi connectivity index (χ3v) is 4.27. The fourth-order valence-electron chi connectivity index (χ4n) is 3.00. The molecular formula is C17H25NO2. The molecule has 3 nitrogen and oxygen atoms in total. The Hall–Kier alpha value is -1.35. The van der Waals surface area contributed by atoms with Gasteiger partial charge in [0.15, 0.2) is 0 Å². The van der Waals surface area contributed by atoms with Gasteiger partial charge in [-0.2, -0.15) is 0 Å². The Morgan fingerprint density at radius 1 is 1.25 bits per heavy atom. The summed E-state index contributed by atoms with van der Waals surface area (Å²) in [5.41, 5.74) is 2.59. The molecule has 0 unspecified atom stereocenters. The first-order valence-electron chi connectivity index (χ1n) is 7.63. The number of carbonyl (C=O) groups is 1. The average molecular weight is 275 g/mol. The summed E-state index contributed by atoms with van der Waals surface area (Å²) in [6.07, 6.45) is 5.32. The van der Waals surface area contributed by atoms with E-state index < -0.39 is 12.0 Å². The van der Waals surface area contributed by atoms with Crippen LogP contribution < -0.4 is 5.32 Å². The van der Waals surface area contributed by atoms with Crippen molar-refractivity contribution in [1.82, 2.24) is 5.32 Å². The molecule has 1 aromatic rings. The molecule has 0 spiro atoms. The first-order valence-corrected chi connectivity index (χ1v) is 7.63.